The van der Waals surface area contributed by atoms with Gasteiger partial charge in [-0.05, 0) is 18.2 Å². The van der Waals surface area contributed by atoms with Crippen LogP contribution in [0.25, 0.3) is 11.0 Å². The van der Waals surface area contributed by atoms with Crippen molar-refractivity contribution in [1.29, 1.82) is 0 Å². The van der Waals surface area contributed by atoms with E-state index in [1.807, 2.05) is 24.3 Å². The van der Waals surface area contributed by atoms with Gasteiger partial charge < -0.3 is 4.98 Å². The molecule has 21 heavy (non-hydrogen) atoms. The second-order valence-corrected chi connectivity index (χ2v) is 4.73. The van der Waals surface area contributed by atoms with Crippen LogP contribution in [-0.2, 0) is 0 Å². The Labute approximate surface area is 125 Å². The molecule has 0 aliphatic carbocycles. The Morgan fingerprint density at radius 1 is 1.14 bits per heavy atom. The third-order valence-electron chi connectivity index (χ3n) is 2.88. The fourth-order valence-corrected chi connectivity index (χ4v) is 2.05. The summed E-state index contributed by atoms with van der Waals surface area (Å²) in [6.07, 6.45) is 1.39. The topological polar surface area (TPSA) is 53.1 Å². The highest BCUT2D eigenvalue weighted by Crippen LogP contribution is 2.13. The van der Waals surface area contributed by atoms with Crippen LogP contribution in [0.4, 0.5) is 10.2 Å². The van der Waals surface area contributed by atoms with Crippen LogP contribution in [0.15, 0.2) is 53.6 Å². The van der Waals surface area contributed by atoms with Gasteiger partial charge in [-0.3, -0.25) is 5.43 Å². The monoisotopic (exact) mass is 298 g/mol. The van der Waals surface area contributed by atoms with E-state index in [2.05, 4.69) is 20.5 Å². The lowest BCUT2D eigenvalue weighted by Crippen LogP contribution is -1.97. The minimum atomic E-state index is -0.334. The van der Waals surface area contributed by atoms with E-state index >= 15 is 0 Å². The lowest BCUT2D eigenvalue weighted by Gasteiger charge is -2.03. The zero-order valence-electron chi connectivity index (χ0n) is 10.9. The molecule has 3 rings (SSSR count). The van der Waals surface area contributed by atoms with E-state index in [9.17, 15) is 4.39 Å². The van der Waals surface area contributed by atoms with Crippen LogP contribution >= 0.6 is 12.2 Å². The summed E-state index contributed by atoms with van der Waals surface area (Å²) in [5.41, 5.74) is 4.75. The molecule has 0 spiro atoms. The van der Waals surface area contributed by atoms with Crippen LogP contribution in [0.1, 0.15) is 5.56 Å². The normalized spacial score (nSPS) is 11.1. The molecule has 0 radical (unpaired) electrons. The summed E-state index contributed by atoms with van der Waals surface area (Å²) in [4.78, 5) is 7.43. The first-order valence-corrected chi connectivity index (χ1v) is 6.67. The summed E-state index contributed by atoms with van der Waals surface area (Å²) in [5, 5.41) is 3.98. The molecule has 0 saturated heterocycles. The van der Waals surface area contributed by atoms with Crippen molar-refractivity contribution in [2.24, 2.45) is 5.10 Å². The number of H-pyrrole nitrogens is 1. The van der Waals surface area contributed by atoms with Gasteiger partial charge in [0, 0.05) is 5.56 Å². The number of hydrazone groups is 1. The summed E-state index contributed by atoms with van der Waals surface area (Å²) in [6.45, 7) is 0. The predicted octanol–water partition coefficient (Wildman–Crippen LogP) is 3.88. The molecule has 1 aromatic heterocycles. The summed E-state index contributed by atoms with van der Waals surface area (Å²) < 4.78 is 13.9. The molecule has 0 aliphatic heterocycles. The minimum absolute atomic E-state index is 0.334. The number of hydrogen-bond donors (Lipinski definition) is 2. The van der Waals surface area contributed by atoms with Crippen molar-refractivity contribution in [3.05, 3.63) is 64.6 Å². The van der Waals surface area contributed by atoms with E-state index in [4.69, 9.17) is 12.2 Å². The Balaban J connectivity index is 1.87. The molecule has 2 N–H and O–H groups in total. The lowest BCUT2D eigenvalue weighted by atomic mass is 10.2. The van der Waals surface area contributed by atoms with Crippen molar-refractivity contribution in [2.45, 2.75) is 0 Å². The van der Waals surface area contributed by atoms with Crippen LogP contribution in [0.5, 0.6) is 0 Å². The second-order valence-electron chi connectivity index (χ2n) is 4.32. The standard InChI is InChI=1S/C15H11FN4S/c16-11-6-2-1-5-10(11)9-17-20-14-15(21)19-13-8-4-3-7-12(13)18-14/h1-9H,(H,18,20)(H,19,21)/b17-9+. The SMILES string of the molecule is Fc1ccccc1/C=N/Nc1nc2ccccc2[nH]c1=S. The molecule has 0 atom stereocenters. The maximum absolute atomic E-state index is 13.4. The molecule has 4 nitrogen and oxygen atoms in total. The number of halogens is 1. The van der Waals surface area contributed by atoms with Crippen molar-refractivity contribution in [1.82, 2.24) is 9.97 Å². The highest BCUT2D eigenvalue weighted by Gasteiger charge is 2.00. The maximum atomic E-state index is 13.4. The van der Waals surface area contributed by atoms with Crippen LogP contribution in [0.2, 0.25) is 0 Å². The van der Waals surface area contributed by atoms with E-state index in [1.165, 1.54) is 12.3 Å². The Morgan fingerprint density at radius 2 is 1.90 bits per heavy atom. The molecule has 1 heterocycles. The lowest BCUT2D eigenvalue weighted by molar-refractivity contribution is 0.626. The first kappa shape index (κ1) is 13.4. The first-order chi connectivity index (χ1) is 10.2. The fourth-order valence-electron chi connectivity index (χ4n) is 1.85. The zero-order valence-corrected chi connectivity index (χ0v) is 11.7. The number of fused-ring (bicyclic) bond motifs is 1. The molecule has 6 heteroatoms. The Morgan fingerprint density at radius 3 is 2.76 bits per heavy atom. The van der Waals surface area contributed by atoms with Gasteiger partial charge in [0.25, 0.3) is 0 Å². The average molecular weight is 298 g/mol. The molecule has 104 valence electrons. The number of para-hydroxylation sites is 2. The molecule has 0 unspecified atom stereocenters. The van der Waals surface area contributed by atoms with Gasteiger partial charge in [0.15, 0.2) is 5.82 Å². The summed E-state index contributed by atoms with van der Waals surface area (Å²) >= 11 is 5.21. The largest absolute Gasteiger partial charge is 0.342 e. The third-order valence-corrected chi connectivity index (χ3v) is 3.17. The number of anilines is 1. The van der Waals surface area contributed by atoms with Gasteiger partial charge in [-0.25, -0.2) is 9.37 Å². The van der Waals surface area contributed by atoms with Gasteiger partial charge in [0.1, 0.15) is 10.5 Å². The third kappa shape index (κ3) is 2.95. The molecule has 0 saturated carbocycles. The summed E-state index contributed by atoms with van der Waals surface area (Å²) in [6, 6.07) is 13.9. The van der Waals surface area contributed by atoms with E-state index in [0.29, 0.717) is 16.0 Å². The van der Waals surface area contributed by atoms with Gasteiger partial charge in [-0.15, -0.1) is 0 Å². The Hall–Kier alpha value is -2.60. The quantitative estimate of drug-likeness (QED) is 0.438. The second kappa shape index (κ2) is 5.80. The van der Waals surface area contributed by atoms with Gasteiger partial charge in [-0.1, -0.05) is 42.5 Å². The van der Waals surface area contributed by atoms with Crippen molar-refractivity contribution >= 4 is 35.3 Å². The number of benzene rings is 2. The number of aromatic amines is 1. The van der Waals surface area contributed by atoms with Crippen LogP contribution < -0.4 is 5.43 Å². The number of nitrogens with one attached hydrogen (secondary N) is 2. The van der Waals surface area contributed by atoms with Crippen LogP contribution in [-0.4, -0.2) is 16.2 Å². The smallest absolute Gasteiger partial charge is 0.182 e. The molecule has 3 aromatic rings. The van der Waals surface area contributed by atoms with Crippen molar-refractivity contribution in [3.8, 4) is 0 Å². The van der Waals surface area contributed by atoms with E-state index < -0.39 is 0 Å². The Bertz CT molecular complexity index is 873. The zero-order chi connectivity index (χ0) is 14.7. The van der Waals surface area contributed by atoms with Gasteiger partial charge >= 0.3 is 0 Å². The van der Waals surface area contributed by atoms with Gasteiger partial charge in [0.05, 0.1) is 17.2 Å². The van der Waals surface area contributed by atoms with Crippen molar-refractivity contribution in [2.75, 3.05) is 5.43 Å². The van der Waals surface area contributed by atoms with Gasteiger partial charge in [0.2, 0.25) is 0 Å². The van der Waals surface area contributed by atoms with E-state index in [-0.39, 0.29) is 5.82 Å². The van der Waals surface area contributed by atoms with E-state index in [1.54, 1.807) is 18.2 Å². The van der Waals surface area contributed by atoms with Crippen molar-refractivity contribution < 1.29 is 4.39 Å². The van der Waals surface area contributed by atoms with Crippen LogP contribution in [0.3, 0.4) is 0 Å². The Kier molecular flexibility index (Phi) is 3.70. The first-order valence-electron chi connectivity index (χ1n) is 6.27. The maximum Gasteiger partial charge on any atom is 0.182 e. The predicted molar refractivity (Wildman–Crippen MR) is 84.5 cm³/mol. The van der Waals surface area contributed by atoms with Crippen LogP contribution in [0, 0.1) is 10.5 Å². The number of rotatable bonds is 3. The van der Waals surface area contributed by atoms with Crippen molar-refractivity contribution in [3.63, 3.8) is 0 Å². The molecule has 0 fully saturated rings. The number of nitrogens with zero attached hydrogens (tertiary/aromatic N) is 2. The molecule has 2 aromatic carbocycles. The number of hydrogen-bond acceptors (Lipinski definition) is 4. The highest BCUT2D eigenvalue weighted by atomic mass is 32.1. The van der Waals surface area contributed by atoms with E-state index in [0.717, 1.165) is 11.0 Å². The molecular weight excluding hydrogens is 287 g/mol. The molecule has 0 aliphatic rings. The number of aromatic nitrogens is 2. The molecular formula is C15H11FN4S. The van der Waals surface area contributed by atoms with Gasteiger partial charge in [-0.2, -0.15) is 5.10 Å². The molecule has 0 bridgehead atoms. The fraction of sp³-hybridized carbons (Fsp3) is 0. The highest BCUT2D eigenvalue weighted by molar-refractivity contribution is 7.71. The average Bonchev–Trinajstić information content (AvgIpc) is 2.49. The molecule has 0 amide bonds. The minimum Gasteiger partial charge on any atom is -0.342 e. The summed E-state index contributed by atoms with van der Waals surface area (Å²) in [7, 11) is 0. The summed E-state index contributed by atoms with van der Waals surface area (Å²) in [5.74, 6) is 0.0935.